The molecule has 6 heteroatoms. The molecule has 0 aliphatic rings. The van der Waals surface area contributed by atoms with Crippen LogP contribution in [0.3, 0.4) is 0 Å². The number of hydrogen-bond acceptors (Lipinski definition) is 6. The van der Waals surface area contributed by atoms with Crippen molar-refractivity contribution in [2.75, 3.05) is 9.80 Å². The van der Waals surface area contributed by atoms with Crippen molar-refractivity contribution in [2.24, 2.45) is 0 Å². The molecule has 11 aromatic carbocycles. The van der Waals surface area contributed by atoms with Crippen LogP contribution in [0.2, 0.25) is 0 Å². The maximum atomic E-state index is 6.98. The van der Waals surface area contributed by atoms with Gasteiger partial charge >= 0.3 is 0 Å². The van der Waals surface area contributed by atoms with E-state index in [4.69, 9.17) is 17.7 Å². The maximum absolute atomic E-state index is 6.98. The summed E-state index contributed by atoms with van der Waals surface area (Å²) in [6, 6.07) is 73.1. The van der Waals surface area contributed by atoms with E-state index in [0.717, 1.165) is 143 Å². The van der Waals surface area contributed by atoms with Crippen LogP contribution in [0.1, 0.15) is 11.1 Å². The zero-order chi connectivity index (χ0) is 46.2. The monoisotopic (exact) mass is 900 g/mol. The smallest absolute Gasteiger partial charge is 0.139 e. The molecule has 0 aliphatic carbocycles. The van der Waals surface area contributed by atoms with E-state index in [0.29, 0.717) is 0 Å². The van der Waals surface area contributed by atoms with E-state index in [1.807, 2.05) is 24.3 Å². The molecule has 15 aromatic rings. The van der Waals surface area contributed by atoms with E-state index in [9.17, 15) is 0 Å². The minimum atomic E-state index is 0.767. The Balaban J connectivity index is 0.944. The predicted molar refractivity (Wildman–Crippen MR) is 289 cm³/mol. The highest BCUT2D eigenvalue weighted by molar-refractivity contribution is 6.28. The Morgan fingerprint density at radius 3 is 1.04 bits per heavy atom. The molecule has 0 unspecified atom stereocenters. The average Bonchev–Trinajstić information content (AvgIpc) is 4.16. The number of hydrogen-bond donors (Lipinski definition) is 0. The second-order valence-electron chi connectivity index (χ2n) is 18.6. The van der Waals surface area contributed by atoms with E-state index in [1.165, 1.54) is 11.1 Å². The van der Waals surface area contributed by atoms with E-state index in [1.54, 1.807) is 0 Å². The van der Waals surface area contributed by atoms with Crippen LogP contribution in [0.25, 0.3) is 109 Å². The van der Waals surface area contributed by atoms with Crippen molar-refractivity contribution in [1.82, 2.24) is 0 Å². The first-order chi connectivity index (χ1) is 34.5. The van der Waals surface area contributed by atoms with Crippen LogP contribution >= 0.6 is 0 Å². The summed E-state index contributed by atoms with van der Waals surface area (Å²) < 4.78 is 26.5. The Kier molecular flexibility index (Phi) is 8.10. The van der Waals surface area contributed by atoms with Crippen LogP contribution in [0, 0.1) is 13.8 Å². The molecule has 0 bridgehead atoms. The van der Waals surface area contributed by atoms with Gasteiger partial charge in [0.15, 0.2) is 0 Å². The minimum absolute atomic E-state index is 0.767. The number of rotatable bonds is 6. The van der Waals surface area contributed by atoms with Crippen LogP contribution < -0.4 is 9.80 Å². The summed E-state index contributed by atoms with van der Waals surface area (Å²) in [5.41, 5.74) is 15.2. The number of aryl methyl sites for hydroxylation is 2. The molecule has 0 fully saturated rings. The number of para-hydroxylation sites is 2. The van der Waals surface area contributed by atoms with E-state index in [2.05, 4.69) is 206 Å². The van der Waals surface area contributed by atoms with Crippen molar-refractivity contribution in [3.05, 3.63) is 217 Å². The summed E-state index contributed by atoms with van der Waals surface area (Å²) in [6.45, 7) is 4.25. The average molecular weight is 901 g/mol. The maximum Gasteiger partial charge on any atom is 0.139 e. The fourth-order valence-corrected chi connectivity index (χ4v) is 11.1. The van der Waals surface area contributed by atoms with Gasteiger partial charge in [-0.1, -0.05) is 120 Å². The molecule has 330 valence electrons. The van der Waals surface area contributed by atoms with Crippen LogP contribution in [-0.2, 0) is 0 Å². The van der Waals surface area contributed by atoms with E-state index < -0.39 is 0 Å². The predicted octanol–water partition coefficient (Wildman–Crippen LogP) is 19.1. The van der Waals surface area contributed by atoms with E-state index in [-0.39, 0.29) is 0 Å². The van der Waals surface area contributed by atoms with Gasteiger partial charge in [-0.25, -0.2) is 0 Å². The van der Waals surface area contributed by atoms with Gasteiger partial charge in [-0.15, -0.1) is 0 Å². The second-order valence-corrected chi connectivity index (χ2v) is 18.6. The SMILES string of the molecule is Cc1ccc(N(c2ccc3oc4ccccc4c3c2)c2cc3oc4cc5oc6cc(N(c7ccc(C)cc7)c7ccc8oc9ccccc9c8c7)c7ccccc7c6c5cc4c3c3ccccc23)cc1. The zero-order valence-corrected chi connectivity index (χ0v) is 38.2. The molecule has 4 aromatic heterocycles. The first-order valence-corrected chi connectivity index (χ1v) is 23.7. The van der Waals surface area contributed by atoms with Gasteiger partial charge in [-0.05, 0) is 103 Å². The third kappa shape index (κ3) is 5.74. The Morgan fingerprint density at radius 2 is 0.600 bits per heavy atom. The highest BCUT2D eigenvalue weighted by atomic mass is 16.3. The minimum Gasteiger partial charge on any atom is -0.456 e. The van der Waals surface area contributed by atoms with Gasteiger partial charge in [0, 0.05) is 94.8 Å². The van der Waals surface area contributed by atoms with Crippen LogP contribution in [0.15, 0.2) is 224 Å². The molecule has 70 heavy (non-hydrogen) atoms. The van der Waals surface area contributed by atoms with Crippen molar-refractivity contribution in [1.29, 1.82) is 0 Å². The summed E-state index contributed by atoms with van der Waals surface area (Å²) in [6.07, 6.45) is 0. The Bertz CT molecular complexity index is 4330. The largest absolute Gasteiger partial charge is 0.456 e. The molecular weight excluding hydrogens is 861 g/mol. The molecule has 0 saturated carbocycles. The number of fused-ring (bicyclic) bond motifs is 16. The molecule has 0 spiro atoms. The van der Waals surface area contributed by atoms with Gasteiger partial charge in [0.1, 0.15) is 44.7 Å². The molecule has 15 rings (SSSR count). The van der Waals surface area contributed by atoms with Gasteiger partial charge in [-0.2, -0.15) is 0 Å². The zero-order valence-electron chi connectivity index (χ0n) is 38.2. The van der Waals surface area contributed by atoms with Crippen molar-refractivity contribution >= 4 is 143 Å². The van der Waals surface area contributed by atoms with Crippen molar-refractivity contribution in [3.8, 4) is 0 Å². The van der Waals surface area contributed by atoms with Gasteiger partial charge < -0.3 is 27.5 Å². The highest BCUT2D eigenvalue weighted by Gasteiger charge is 2.25. The molecule has 0 N–H and O–H groups in total. The summed E-state index contributed by atoms with van der Waals surface area (Å²) in [5.74, 6) is 0. The van der Waals surface area contributed by atoms with Crippen LogP contribution in [-0.4, -0.2) is 0 Å². The van der Waals surface area contributed by atoms with E-state index >= 15 is 0 Å². The Hall–Kier alpha value is -9.26. The Labute approximate surface area is 400 Å². The lowest BCUT2D eigenvalue weighted by Gasteiger charge is -2.27. The second kappa shape index (κ2) is 14.6. The first kappa shape index (κ1) is 38.8. The number of nitrogens with zero attached hydrogens (tertiary/aromatic N) is 2. The van der Waals surface area contributed by atoms with Gasteiger partial charge in [0.2, 0.25) is 0 Å². The van der Waals surface area contributed by atoms with Gasteiger partial charge in [-0.3, -0.25) is 0 Å². The van der Waals surface area contributed by atoms with Crippen molar-refractivity contribution in [2.45, 2.75) is 13.8 Å². The highest BCUT2D eigenvalue weighted by Crippen LogP contribution is 2.49. The quantitative estimate of drug-likeness (QED) is 0.166. The van der Waals surface area contributed by atoms with Gasteiger partial charge in [0.25, 0.3) is 0 Å². The molecule has 0 radical (unpaired) electrons. The van der Waals surface area contributed by atoms with Crippen molar-refractivity contribution in [3.63, 3.8) is 0 Å². The Morgan fingerprint density at radius 1 is 0.243 bits per heavy atom. The fraction of sp³-hybridized carbons (Fsp3) is 0.0312. The molecule has 4 heterocycles. The standard InChI is InChI=1S/C64H40N2O4/c1-37-19-23-39(24-20-37)65(41-27-29-57-49(31-41)45-13-7-9-17-55(45)67-57)53-34-61-63(47-15-5-3-11-43(47)53)51-33-52-60(36-59(51)69-61)70-62-35-54(44-12-4-6-16-48(44)64(52)62)66(40-25-21-38(2)22-26-40)42-28-30-58-50(32-42)46-14-8-10-18-56(46)68-58/h3-36H,1-2H3. The normalized spacial score (nSPS) is 12.1. The number of anilines is 6. The summed E-state index contributed by atoms with van der Waals surface area (Å²) >= 11 is 0. The number of furan rings is 4. The van der Waals surface area contributed by atoms with Crippen molar-refractivity contribution < 1.29 is 17.7 Å². The summed E-state index contributed by atoms with van der Waals surface area (Å²) in [7, 11) is 0. The topological polar surface area (TPSA) is 59.0 Å². The summed E-state index contributed by atoms with van der Waals surface area (Å²) in [4.78, 5) is 4.68. The molecule has 0 aliphatic heterocycles. The molecule has 0 saturated heterocycles. The van der Waals surface area contributed by atoms with Crippen LogP contribution in [0.5, 0.6) is 0 Å². The van der Waals surface area contributed by atoms with Gasteiger partial charge in [0.05, 0.1) is 11.4 Å². The van der Waals surface area contributed by atoms with Crippen LogP contribution in [0.4, 0.5) is 34.1 Å². The fourth-order valence-electron chi connectivity index (χ4n) is 11.1. The summed E-state index contributed by atoms with van der Waals surface area (Å²) in [5, 5.41) is 13.0. The number of benzene rings is 11. The molecular formula is C64H40N2O4. The lowest BCUT2D eigenvalue weighted by atomic mass is 9.98. The lowest BCUT2D eigenvalue weighted by molar-refractivity contribution is 0.656. The first-order valence-electron chi connectivity index (χ1n) is 23.7. The molecule has 6 nitrogen and oxygen atoms in total. The third-order valence-corrected chi connectivity index (χ3v) is 14.3. The third-order valence-electron chi connectivity index (χ3n) is 14.3. The molecule has 0 atom stereocenters. The lowest BCUT2D eigenvalue weighted by Crippen LogP contribution is -2.10. The molecule has 0 amide bonds.